The largest absolute Gasteiger partial charge is 0.375 e. The van der Waals surface area contributed by atoms with Gasteiger partial charge < -0.3 is 5.73 Å². The third kappa shape index (κ3) is 2.02. The van der Waals surface area contributed by atoms with E-state index in [9.17, 15) is 4.39 Å². The molecule has 18 heavy (non-hydrogen) atoms. The van der Waals surface area contributed by atoms with E-state index in [1.54, 1.807) is 23.5 Å². The molecule has 5 heteroatoms. The molecule has 3 aromatic rings. The fourth-order valence-electron chi connectivity index (χ4n) is 1.71. The van der Waals surface area contributed by atoms with Crippen molar-refractivity contribution < 1.29 is 4.39 Å². The molecule has 0 saturated carbocycles. The Hall–Kier alpha value is -1.72. The number of thiazole rings is 1. The molecule has 0 amide bonds. The number of nitrogen functional groups attached to an aromatic ring is 1. The fourth-order valence-corrected chi connectivity index (χ4v) is 3.35. The number of hydrogen-bond acceptors (Lipinski definition) is 4. The highest BCUT2D eigenvalue weighted by atomic mass is 32.1. The maximum atomic E-state index is 12.9. The third-order valence-corrected chi connectivity index (χ3v) is 4.31. The first-order chi connectivity index (χ1) is 8.74. The second-order valence-corrected chi connectivity index (χ2v) is 5.69. The number of rotatable bonds is 2. The molecular weight excluding hydrogens is 267 g/mol. The van der Waals surface area contributed by atoms with Gasteiger partial charge in [-0.05, 0) is 29.1 Å². The average Bonchev–Trinajstić information content (AvgIpc) is 2.98. The minimum Gasteiger partial charge on any atom is -0.375 e. The lowest BCUT2D eigenvalue weighted by Gasteiger charge is -2.00. The minimum atomic E-state index is -0.242. The van der Waals surface area contributed by atoms with Crippen molar-refractivity contribution in [3.8, 4) is 21.0 Å². The van der Waals surface area contributed by atoms with Gasteiger partial charge in [-0.15, -0.1) is 11.3 Å². The van der Waals surface area contributed by atoms with E-state index in [-0.39, 0.29) is 5.82 Å². The van der Waals surface area contributed by atoms with Crippen LogP contribution >= 0.6 is 22.7 Å². The summed E-state index contributed by atoms with van der Waals surface area (Å²) in [5, 5.41) is 2.52. The lowest BCUT2D eigenvalue weighted by atomic mass is 10.1. The molecule has 0 radical (unpaired) electrons. The van der Waals surface area contributed by atoms with Crippen LogP contribution in [0.2, 0.25) is 0 Å². The molecule has 2 heterocycles. The number of hydrogen-bond donors (Lipinski definition) is 1. The molecule has 90 valence electrons. The highest BCUT2D eigenvalue weighted by Gasteiger charge is 2.14. The Morgan fingerprint density at radius 1 is 1.11 bits per heavy atom. The number of aromatic nitrogens is 1. The molecule has 0 bridgehead atoms. The normalized spacial score (nSPS) is 10.7. The predicted octanol–water partition coefficient (Wildman–Crippen LogP) is 4.26. The zero-order valence-electron chi connectivity index (χ0n) is 9.26. The molecule has 0 spiro atoms. The van der Waals surface area contributed by atoms with E-state index in [1.807, 2.05) is 17.5 Å². The quantitative estimate of drug-likeness (QED) is 0.759. The molecule has 0 saturated heterocycles. The predicted molar refractivity (Wildman–Crippen MR) is 75.2 cm³/mol. The van der Waals surface area contributed by atoms with Crippen LogP contribution in [-0.2, 0) is 0 Å². The van der Waals surface area contributed by atoms with Crippen molar-refractivity contribution >= 4 is 27.8 Å². The van der Waals surface area contributed by atoms with Gasteiger partial charge in [0.25, 0.3) is 0 Å². The molecule has 3 rings (SSSR count). The van der Waals surface area contributed by atoms with Crippen LogP contribution in [0.3, 0.4) is 0 Å². The molecule has 2 N–H and O–H groups in total. The molecule has 0 aliphatic heterocycles. The molecule has 2 nitrogen and oxygen atoms in total. The van der Waals surface area contributed by atoms with Gasteiger partial charge in [-0.2, -0.15) is 0 Å². The summed E-state index contributed by atoms with van der Waals surface area (Å²) in [5.74, 6) is -0.242. The number of halogens is 1. The molecule has 0 aliphatic rings. The Bertz CT molecular complexity index is 657. The van der Waals surface area contributed by atoms with Crippen LogP contribution in [0.15, 0.2) is 41.8 Å². The van der Waals surface area contributed by atoms with Crippen LogP contribution < -0.4 is 5.73 Å². The molecule has 0 aliphatic carbocycles. The summed E-state index contributed by atoms with van der Waals surface area (Å²) >= 11 is 3.04. The van der Waals surface area contributed by atoms with E-state index < -0.39 is 0 Å². The van der Waals surface area contributed by atoms with E-state index >= 15 is 0 Å². The van der Waals surface area contributed by atoms with Crippen molar-refractivity contribution in [1.82, 2.24) is 4.98 Å². The standard InChI is InChI=1S/C13H9FN2S2/c14-9-5-3-8(4-6-9)12-11(16-13(15)18-12)10-2-1-7-17-10/h1-7H,(H2,15,16). The van der Waals surface area contributed by atoms with Gasteiger partial charge in [0.05, 0.1) is 9.75 Å². The van der Waals surface area contributed by atoms with Crippen molar-refractivity contribution in [2.75, 3.05) is 5.73 Å². The van der Waals surface area contributed by atoms with Crippen LogP contribution in [0.25, 0.3) is 21.0 Å². The molecular formula is C13H9FN2S2. The molecule has 0 atom stereocenters. The second-order valence-electron chi connectivity index (χ2n) is 3.71. The highest BCUT2D eigenvalue weighted by molar-refractivity contribution is 7.20. The highest BCUT2D eigenvalue weighted by Crippen LogP contribution is 2.39. The first-order valence-corrected chi connectivity index (χ1v) is 7.00. The summed E-state index contributed by atoms with van der Waals surface area (Å²) in [6.07, 6.45) is 0. The van der Waals surface area contributed by atoms with E-state index in [0.29, 0.717) is 5.13 Å². The van der Waals surface area contributed by atoms with Gasteiger partial charge in [0.2, 0.25) is 0 Å². The Balaban J connectivity index is 2.15. The first kappa shape index (κ1) is 11.4. The Labute approximate surface area is 112 Å². The zero-order valence-corrected chi connectivity index (χ0v) is 10.9. The van der Waals surface area contributed by atoms with Crippen LogP contribution in [0.5, 0.6) is 0 Å². The average molecular weight is 276 g/mol. The molecule has 0 fully saturated rings. The number of anilines is 1. The van der Waals surface area contributed by atoms with Gasteiger partial charge in [0, 0.05) is 0 Å². The lowest BCUT2D eigenvalue weighted by Crippen LogP contribution is -1.82. The van der Waals surface area contributed by atoms with Crippen molar-refractivity contribution in [2.24, 2.45) is 0 Å². The van der Waals surface area contributed by atoms with Gasteiger partial charge in [0.15, 0.2) is 5.13 Å². The van der Waals surface area contributed by atoms with Crippen LogP contribution in [0, 0.1) is 5.82 Å². The fraction of sp³-hybridized carbons (Fsp3) is 0. The Kier molecular flexibility index (Phi) is 2.85. The summed E-state index contributed by atoms with van der Waals surface area (Å²) in [5.41, 5.74) is 7.60. The molecule has 0 unspecified atom stereocenters. The van der Waals surface area contributed by atoms with Crippen LogP contribution in [0.1, 0.15) is 0 Å². The number of benzene rings is 1. The van der Waals surface area contributed by atoms with Crippen molar-refractivity contribution in [1.29, 1.82) is 0 Å². The summed E-state index contributed by atoms with van der Waals surface area (Å²) in [7, 11) is 0. The van der Waals surface area contributed by atoms with Crippen molar-refractivity contribution in [2.45, 2.75) is 0 Å². The van der Waals surface area contributed by atoms with Gasteiger partial charge >= 0.3 is 0 Å². The minimum absolute atomic E-state index is 0.242. The van der Waals surface area contributed by atoms with Crippen LogP contribution in [0.4, 0.5) is 9.52 Å². The Morgan fingerprint density at radius 3 is 2.56 bits per heavy atom. The van der Waals surface area contributed by atoms with Gasteiger partial charge in [-0.1, -0.05) is 29.5 Å². The van der Waals surface area contributed by atoms with E-state index in [1.165, 1.54) is 23.5 Å². The number of nitrogens with zero attached hydrogens (tertiary/aromatic N) is 1. The smallest absolute Gasteiger partial charge is 0.181 e. The topological polar surface area (TPSA) is 38.9 Å². The van der Waals surface area contributed by atoms with Crippen molar-refractivity contribution in [3.05, 3.63) is 47.6 Å². The Morgan fingerprint density at radius 2 is 1.89 bits per heavy atom. The monoisotopic (exact) mass is 276 g/mol. The van der Waals surface area contributed by atoms with Crippen LogP contribution in [-0.4, -0.2) is 4.98 Å². The van der Waals surface area contributed by atoms with Crippen molar-refractivity contribution in [3.63, 3.8) is 0 Å². The number of nitrogens with two attached hydrogens (primary N) is 1. The zero-order chi connectivity index (χ0) is 12.5. The summed E-state index contributed by atoms with van der Waals surface area (Å²) < 4.78 is 12.9. The van der Waals surface area contributed by atoms with E-state index in [0.717, 1.165) is 21.0 Å². The second kappa shape index (κ2) is 4.51. The summed E-state index contributed by atoms with van der Waals surface area (Å²) in [4.78, 5) is 6.42. The maximum Gasteiger partial charge on any atom is 0.181 e. The molecule has 1 aromatic carbocycles. The SMILES string of the molecule is Nc1nc(-c2cccs2)c(-c2ccc(F)cc2)s1. The summed E-state index contributed by atoms with van der Waals surface area (Å²) in [6.45, 7) is 0. The van der Waals surface area contributed by atoms with E-state index in [4.69, 9.17) is 5.73 Å². The van der Waals surface area contributed by atoms with Gasteiger partial charge in [-0.25, -0.2) is 9.37 Å². The number of thiophene rings is 1. The lowest BCUT2D eigenvalue weighted by molar-refractivity contribution is 0.628. The van der Waals surface area contributed by atoms with Gasteiger partial charge in [-0.3, -0.25) is 0 Å². The third-order valence-electron chi connectivity index (χ3n) is 2.50. The molecule has 2 aromatic heterocycles. The first-order valence-electron chi connectivity index (χ1n) is 5.30. The maximum absolute atomic E-state index is 12.9. The van der Waals surface area contributed by atoms with E-state index in [2.05, 4.69) is 4.98 Å². The summed E-state index contributed by atoms with van der Waals surface area (Å²) in [6, 6.07) is 10.4. The van der Waals surface area contributed by atoms with Gasteiger partial charge in [0.1, 0.15) is 11.5 Å².